The number of benzene rings is 1. The van der Waals surface area contributed by atoms with Gasteiger partial charge in [0.15, 0.2) is 0 Å². The van der Waals surface area contributed by atoms with E-state index in [9.17, 15) is 13.8 Å². The van der Waals surface area contributed by atoms with Crippen molar-refractivity contribution < 1.29 is 13.8 Å². The Labute approximate surface area is 138 Å². The van der Waals surface area contributed by atoms with Gasteiger partial charge in [-0.1, -0.05) is 0 Å². The van der Waals surface area contributed by atoms with E-state index in [-0.39, 0.29) is 16.7 Å². The summed E-state index contributed by atoms with van der Waals surface area (Å²) >= 11 is 0. The monoisotopic (exact) mass is 337 g/mol. The largest absolute Gasteiger partial charge is 0.366 e. The molecule has 23 heavy (non-hydrogen) atoms. The molecule has 0 saturated carbocycles. The minimum atomic E-state index is -0.863. The van der Waals surface area contributed by atoms with E-state index in [1.165, 1.54) is 0 Å². The van der Waals surface area contributed by atoms with Crippen molar-refractivity contribution in [3.05, 3.63) is 29.8 Å². The number of carbonyl (C=O) groups excluding carboxylic acids is 2. The third-order valence-electron chi connectivity index (χ3n) is 4.13. The van der Waals surface area contributed by atoms with Crippen LogP contribution < -0.4 is 11.1 Å². The molecule has 2 rings (SSSR count). The van der Waals surface area contributed by atoms with Crippen LogP contribution in [0.25, 0.3) is 0 Å². The Balaban J connectivity index is 2.00. The fourth-order valence-electron chi connectivity index (χ4n) is 2.58. The maximum absolute atomic E-state index is 12.4. The molecular formula is C16H23N3O3S. The van der Waals surface area contributed by atoms with Crippen LogP contribution in [0.3, 0.4) is 0 Å². The number of hydrogen-bond acceptors (Lipinski definition) is 4. The lowest BCUT2D eigenvalue weighted by Gasteiger charge is -2.39. The average molecular weight is 337 g/mol. The van der Waals surface area contributed by atoms with Gasteiger partial charge in [-0.05, 0) is 45.0 Å². The molecule has 1 aromatic carbocycles. The van der Waals surface area contributed by atoms with Crippen molar-refractivity contribution in [2.45, 2.75) is 31.6 Å². The van der Waals surface area contributed by atoms with E-state index in [1.54, 1.807) is 24.3 Å². The Morgan fingerprint density at radius 3 is 2.43 bits per heavy atom. The highest BCUT2D eigenvalue weighted by atomic mass is 32.2. The number of amides is 2. The lowest BCUT2D eigenvalue weighted by Crippen LogP contribution is -2.55. The van der Waals surface area contributed by atoms with E-state index in [0.29, 0.717) is 30.1 Å². The molecule has 3 N–H and O–H groups in total. The van der Waals surface area contributed by atoms with Crippen LogP contribution >= 0.6 is 0 Å². The van der Waals surface area contributed by atoms with Crippen LogP contribution in [0.1, 0.15) is 31.1 Å². The zero-order valence-electron chi connectivity index (χ0n) is 13.7. The Morgan fingerprint density at radius 2 is 1.91 bits per heavy atom. The second kappa shape index (κ2) is 6.80. The van der Waals surface area contributed by atoms with Gasteiger partial charge in [0.05, 0.1) is 10.8 Å². The SMILES string of the molecule is CC(C(=O)Nc1ccc(C(N)=O)cc1)N1CCS(=O)C(C)(C)C1. The highest BCUT2D eigenvalue weighted by Gasteiger charge is 2.36. The van der Waals surface area contributed by atoms with Crippen LogP contribution in [0.5, 0.6) is 0 Å². The molecule has 1 heterocycles. The first-order valence-electron chi connectivity index (χ1n) is 7.54. The maximum Gasteiger partial charge on any atom is 0.248 e. The minimum Gasteiger partial charge on any atom is -0.366 e. The summed E-state index contributed by atoms with van der Waals surface area (Å²) in [4.78, 5) is 25.5. The van der Waals surface area contributed by atoms with Crippen molar-refractivity contribution in [2.24, 2.45) is 5.73 Å². The van der Waals surface area contributed by atoms with Crippen molar-refractivity contribution in [1.29, 1.82) is 0 Å². The first-order chi connectivity index (χ1) is 10.7. The molecule has 1 aliphatic heterocycles. The number of hydrogen-bond donors (Lipinski definition) is 2. The van der Waals surface area contributed by atoms with Crippen molar-refractivity contribution in [3.8, 4) is 0 Å². The van der Waals surface area contributed by atoms with Crippen molar-refractivity contribution in [2.75, 3.05) is 24.2 Å². The van der Waals surface area contributed by atoms with Crippen molar-refractivity contribution in [1.82, 2.24) is 4.90 Å². The van der Waals surface area contributed by atoms with E-state index in [1.807, 2.05) is 20.8 Å². The summed E-state index contributed by atoms with van der Waals surface area (Å²) in [6.07, 6.45) is 0. The average Bonchev–Trinajstić information content (AvgIpc) is 2.49. The molecule has 0 aromatic heterocycles. The first-order valence-corrected chi connectivity index (χ1v) is 8.86. The highest BCUT2D eigenvalue weighted by Crippen LogP contribution is 2.22. The molecule has 1 saturated heterocycles. The van der Waals surface area contributed by atoms with E-state index >= 15 is 0 Å². The van der Waals surface area contributed by atoms with E-state index < -0.39 is 16.7 Å². The standard InChI is InChI=1S/C16H23N3O3S/c1-11(19-8-9-23(22)16(2,3)10-19)15(21)18-13-6-4-12(5-7-13)14(17)20/h4-7,11H,8-10H2,1-3H3,(H2,17,20)(H,18,21). The summed E-state index contributed by atoms with van der Waals surface area (Å²) < 4.78 is 11.7. The summed E-state index contributed by atoms with van der Waals surface area (Å²) in [6, 6.07) is 6.15. The molecule has 126 valence electrons. The number of carbonyl (C=O) groups is 2. The Hall–Kier alpha value is -1.73. The quantitative estimate of drug-likeness (QED) is 0.856. The van der Waals surface area contributed by atoms with Crippen molar-refractivity contribution in [3.63, 3.8) is 0 Å². The molecule has 0 radical (unpaired) electrons. The van der Waals surface area contributed by atoms with Gasteiger partial charge in [-0.15, -0.1) is 0 Å². The number of nitrogens with one attached hydrogen (secondary N) is 1. The van der Waals surface area contributed by atoms with Gasteiger partial charge in [0.25, 0.3) is 0 Å². The molecular weight excluding hydrogens is 314 g/mol. The smallest absolute Gasteiger partial charge is 0.248 e. The lowest BCUT2D eigenvalue weighted by molar-refractivity contribution is -0.120. The summed E-state index contributed by atoms with van der Waals surface area (Å²) in [6.45, 7) is 7.03. The molecule has 1 aliphatic rings. The molecule has 1 aromatic rings. The second-order valence-electron chi connectivity index (χ2n) is 6.39. The van der Waals surface area contributed by atoms with Crippen LogP contribution in [-0.2, 0) is 15.6 Å². The van der Waals surface area contributed by atoms with Gasteiger partial charge < -0.3 is 11.1 Å². The van der Waals surface area contributed by atoms with Gasteiger partial charge in [0.1, 0.15) is 0 Å². The van der Waals surface area contributed by atoms with Gasteiger partial charge in [0.2, 0.25) is 11.8 Å². The third-order valence-corrected chi connectivity index (χ3v) is 6.04. The number of anilines is 1. The van der Waals surface area contributed by atoms with Crippen LogP contribution in [0.15, 0.2) is 24.3 Å². The van der Waals surface area contributed by atoms with Crippen LogP contribution in [0, 0.1) is 0 Å². The zero-order valence-corrected chi connectivity index (χ0v) is 14.5. The van der Waals surface area contributed by atoms with Crippen LogP contribution in [-0.4, -0.2) is 50.6 Å². The highest BCUT2D eigenvalue weighted by molar-refractivity contribution is 7.86. The molecule has 6 nitrogen and oxygen atoms in total. The van der Waals surface area contributed by atoms with Gasteiger partial charge in [-0.2, -0.15) is 0 Å². The minimum absolute atomic E-state index is 0.125. The Kier molecular flexibility index (Phi) is 5.21. The molecule has 0 spiro atoms. The van der Waals surface area contributed by atoms with Gasteiger partial charge in [-0.25, -0.2) is 0 Å². The molecule has 1 fully saturated rings. The molecule has 2 amide bonds. The van der Waals surface area contributed by atoms with Crippen LogP contribution in [0.4, 0.5) is 5.69 Å². The normalized spacial score (nSPS) is 22.3. The lowest BCUT2D eigenvalue weighted by atomic mass is 10.1. The molecule has 7 heteroatoms. The number of primary amides is 1. The van der Waals surface area contributed by atoms with Gasteiger partial charge >= 0.3 is 0 Å². The van der Waals surface area contributed by atoms with Gasteiger partial charge in [0, 0.05) is 40.9 Å². The molecule has 2 unspecified atom stereocenters. The van der Waals surface area contributed by atoms with Gasteiger partial charge in [-0.3, -0.25) is 18.7 Å². The summed E-state index contributed by atoms with van der Waals surface area (Å²) in [7, 11) is -0.863. The summed E-state index contributed by atoms with van der Waals surface area (Å²) in [5.41, 5.74) is 6.21. The second-order valence-corrected chi connectivity index (χ2v) is 8.59. The van der Waals surface area contributed by atoms with E-state index in [2.05, 4.69) is 10.2 Å². The molecule has 0 aliphatic carbocycles. The zero-order chi connectivity index (χ0) is 17.2. The fourth-order valence-corrected chi connectivity index (χ4v) is 3.84. The Morgan fingerprint density at radius 1 is 1.30 bits per heavy atom. The van der Waals surface area contributed by atoms with E-state index in [4.69, 9.17) is 5.73 Å². The number of nitrogens with two attached hydrogens (primary N) is 1. The van der Waals surface area contributed by atoms with Crippen LogP contribution in [0.2, 0.25) is 0 Å². The number of nitrogens with zero attached hydrogens (tertiary/aromatic N) is 1. The Bertz CT molecular complexity index is 628. The maximum atomic E-state index is 12.4. The predicted molar refractivity (Wildman–Crippen MR) is 91.7 cm³/mol. The van der Waals surface area contributed by atoms with E-state index in [0.717, 1.165) is 0 Å². The summed E-state index contributed by atoms with van der Waals surface area (Å²) in [5.74, 6) is -0.0436. The topological polar surface area (TPSA) is 92.5 Å². The first kappa shape index (κ1) is 17.6. The summed E-state index contributed by atoms with van der Waals surface area (Å²) in [5, 5.41) is 2.84. The molecule has 0 bridgehead atoms. The predicted octanol–water partition coefficient (Wildman–Crippen LogP) is 0.955. The van der Waals surface area contributed by atoms with Crippen molar-refractivity contribution >= 4 is 28.3 Å². The fraction of sp³-hybridized carbons (Fsp3) is 0.500. The third kappa shape index (κ3) is 4.17. The number of rotatable bonds is 4. The molecule has 2 atom stereocenters.